The number of carbonyl (C=O) groups is 1. The Morgan fingerprint density at radius 3 is 2.80 bits per heavy atom. The molecule has 0 aromatic carbocycles. The first-order chi connectivity index (χ1) is 11.7. The standard InChI is InChI=1S/C14H12F3N5O2S/c1-3-22-6-12(24-21-22)20-11(23)7-25-13-9(5-18)8(2)4-10(19-13)14(15,16)17/h4,6H,3,7H2,1-2H3/p+1. The number of amides is 1. The summed E-state index contributed by atoms with van der Waals surface area (Å²) < 4.78 is 44.9. The number of alkyl halides is 3. The average Bonchev–Trinajstić information content (AvgIpc) is 2.99. The molecule has 11 heteroatoms. The van der Waals surface area contributed by atoms with Crippen molar-refractivity contribution in [2.45, 2.75) is 31.6 Å². The van der Waals surface area contributed by atoms with Gasteiger partial charge in [-0.3, -0.25) is 14.6 Å². The average molecular weight is 372 g/mol. The zero-order valence-corrected chi connectivity index (χ0v) is 14.0. The molecule has 0 atom stereocenters. The van der Waals surface area contributed by atoms with Crippen molar-refractivity contribution in [1.82, 2.24) is 10.3 Å². The molecular weight excluding hydrogens is 359 g/mol. The van der Waals surface area contributed by atoms with Crippen LogP contribution >= 0.6 is 11.8 Å². The first kappa shape index (κ1) is 18.7. The van der Waals surface area contributed by atoms with Gasteiger partial charge in [0.15, 0.2) is 6.54 Å². The highest BCUT2D eigenvalue weighted by molar-refractivity contribution is 8.00. The first-order valence-corrected chi connectivity index (χ1v) is 8.01. The smallest absolute Gasteiger partial charge is 0.288 e. The number of aryl methyl sites for hydroxylation is 2. The van der Waals surface area contributed by atoms with Crippen LogP contribution in [0.25, 0.3) is 0 Å². The van der Waals surface area contributed by atoms with Gasteiger partial charge in [0.25, 0.3) is 6.20 Å². The van der Waals surface area contributed by atoms with Crippen molar-refractivity contribution in [3.05, 3.63) is 29.1 Å². The van der Waals surface area contributed by atoms with Crippen molar-refractivity contribution in [2.75, 3.05) is 11.1 Å². The van der Waals surface area contributed by atoms with Crippen LogP contribution in [-0.2, 0) is 17.5 Å². The Labute approximate surface area is 144 Å². The van der Waals surface area contributed by atoms with E-state index in [0.29, 0.717) is 6.54 Å². The van der Waals surface area contributed by atoms with Gasteiger partial charge in [0, 0.05) is 0 Å². The minimum Gasteiger partial charge on any atom is -0.288 e. The third-order valence-corrected chi connectivity index (χ3v) is 4.00. The van der Waals surface area contributed by atoms with Gasteiger partial charge in [0.2, 0.25) is 11.2 Å². The maximum absolute atomic E-state index is 12.9. The molecule has 0 radical (unpaired) electrons. The van der Waals surface area contributed by atoms with E-state index in [-0.39, 0.29) is 27.8 Å². The first-order valence-electron chi connectivity index (χ1n) is 7.02. The fourth-order valence-corrected chi connectivity index (χ4v) is 2.67. The third kappa shape index (κ3) is 4.69. The van der Waals surface area contributed by atoms with E-state index in [1.54, 1.807) is 0 Å². The maximum atomic E-state index is 12.9. The fourth-order valence-electron chi connectivity index (χ4n) is 1.82. The monoisotopic (exact) mass is 372 g/mol. The summed E-state index contributed by atoms with van der Waals surface area (Å²) in [5.41, 5.74) is -0.952. The summed E-state index contributed by atoms with van der Waals surface area (Å²) in [6.45, 7) is 3.76. The van der Waals surface area contributed by atoms with Gasteiger partial charge in [-0.25, -0.2) is 4.98 Å². The summed E-state index contributed by atoms with van der Waals surface area (Å²) in [5.74, 6) is -0.652. The van der Waals surface area contributed by atoms with E-state index in [2.05, 4.69) is 15.6 Å². The number of nitrogens with zero attached hydrogens (tertiary/aromatic N) is 4. The van der Waals surface area contributed by atoms with Gasteiger partial charge in [0.1, 0.15) is 16.8 Å². The fraction of sp³-hybridized carbons (Fsp3) is 0.357. The van der Waals surface area contributed by atoms with Crippen LogP contribution in [0.1, 0.15) is 23.7 Å². The minimum atomic E-state index is -4.63. The summed E-state index contributed by atoms with van der Waals surface area (Å²) >= 11 is 0.741. The van der Waals surface area contributed by atoms with Crippen LogP contribution in [0.5, 0.6) is 0 Å². The number of carbonyl (C=O) groups excluding carboxylic acids is 1. The highest BCUT2D eigenvalue weighted by Crippen LogP contribution is 2.32. The minimum absolute atomic E-state index is 0.00860. The van der Waals surface area contributed by atoms with E-state index in [1.165, 1.54) is 17.8 Å². The zero-order valence-electron chi connectivity index (χ0n) is 13.2. The molecule has 1 amide bonds. The maximum Gasteiger partial charge on any atom is 0.433 e. The molecule has 25 heavy (non-hydrogen) atoms. The molecule has 1 N–H and O–H groups in total. The molecule has 2 heterocycles. The van der Waals surface area contributed by atoms with Crippen LogP contribution in [0.15, 0.2) is 21.8 Å². The van der Waals surface area contributed by atoms with Gasteiger partial charge in [-0.15, -0.1) is 0 Å². The Hall–Kier alpha value is -2.61. The van der Waals surface area contributed by atoms with E-state index in [4.69, 9.17) is 9.78 Å². The lowest BCUT2D eigenvalue weighted by molar-refractivity contribution is -0.759. The molecule has 0 saturated carbocycles. The van der Waals surface area contributed by atoms with Crippen molar-refractivity contribution < 1.29 is 27.2 Å². The SMILES string of the molecule is CC[n+]1cc(NC(=O)CSc2nc(C(F)(F)F)cc(C)c2C#N)on1. The summed E-state index contributed by atoms with van der Waals surface area (Å²) in [4.78, 5) is 15.4. The van der Waals surface area contributed by atoms with Crippen molar-refractivity contribution in [1.29, 1.82) is 5.26 Å². The molecule has 0 fully saturated rings. The topological polar surface area (TPSA) is 95.7 Å². The summed E-state index contributed by atoms with van der Waals surface area (Å²) in [6.07, 6.45) is -3.17. The Balaban J connectivity index is 2.12. The lowest BCUT2D eigenvalue weighted by Gasteiger charge is -2.11. The molecule has 0 aliphatic rings. The number of halogens is 3. The molecule has 2 aromatic heterocycles. The molecule has 2 rings (SSSR count). The molecule has 132 valence electrons. The van der Waals surface area contributed by atoms with E-state index in [1.807, 2.05) is 13.0 Å². The molecule has 0 unspecified atom stereocenters. The van der Waals surface area contributed by atoms with Gasteiger partial charge in [-0.1, -0.05) is 16.4 Å². The molecule has 2 aromatic rings. The summed E-state index contributed by atoms with van der Waals surface area (Å²) in [7, 11) is 0. The summed E-state index contributed by atoms with van der Waals surface area (Å²) in [5, 5.41) is 15.0. The number of aromatic nitrogens is 3. The number of nitriles is 1. The Morgan fingerprint density at radius 1 is 1.52 bits per heavy atom. The van der Waals surface area contributed by atoms with Gasteiger partial charge < -0.3 is 0 Å². The predicted molar refractivity (Wildman–Crippen MR) is 80.4 cm³/mol. The Kier molecular flexibility index (Phi) is 5.63. The van der Waals surface area contributed by atoms with Crippen molar-refractivity contribution in [3.63, 3.8) is 0 Å². The second-order valence-corrected chi connectivity index (χ2v) is 5.84. The predicted octanol–water partition coefficient (Wildman–Crippen LogP) is 2.31. The highest BCUT2D eigenvalue weighted by atomic mass is 32.2. The number of hydrogen-bond donors (Lipinski definition) is 1. The largest absolute Gasteiger partial charge is 0.433 e. The van der Waals surface area contributed by atoms with Crippen LogP contribution in [0.3, 0.4) is 0 Å². The molecule has 0 aliphatic heterocycles. The molecule has 7 nitrogen and oxygen atoms in total. The van der Waals surface area contributed by atoms with E-state index in [0.717, 1.165) is 17.8 Å². The lowest BCUT2D eigenvalue weighted by Crippen LogP contribution is -2.32. The normalized spacial score (nSPS) is 11.2. The van der Waals surface area contributed by atoms with Gasteiger partial charge in [-0.05, 0) is 25.5 Å². The molecule has 0 saturated heterocycles. The van der Waals surface area contributed by atoms with Crippen LogP contribution in [-0.4, -0.2) is 21.9 Å². The van der Waals surface area contributed by atoms with Crippen molar-refractivity contribution in [3.8, 4) is 6.07 Å². The molecular formula is C14H13F3N5O2S+. The van der Waals surface area contributed by atoms with E-state index >= 15 is 0 Å². The lowest BCUT2D eigenvalue weighted by atomic mass is 10.1. The number of nitrogens with one attached hydrogen (secondary N) is 1. The third-order valence-electron chi connectivity index (χ3n) is 3.02. The van der Waals surface area contributed by atoms with Crippen molar-refractivity contribution in [2.24, 2.45) is 0 Å². The molecule has 0 bridgehead atoms. The van der Waals surface area contributed by atoms with E-state index < -0.39 is 17.8 Å². The molecule has 0 aliphatic carbocycles. The highest BCUT2D eigenvalue weighted by Gasteiger charge is 2.34. The number of pyridine rings is 1. The van der Waals surface area contributed by atoms with Crippen LogP contribution < -0.4 is 10.00 Å². The molecule has 0 spiro atoms. The van der Waals surface area contributed by atoms with Gasteiger partial charge in [0.05, 0.1) is 11.3 Å². The van der Waals surface area contributed by atoms with Crippen molar-refractivity contribution >= 4 is 23.6 Å². The quantitative estimate of drug-likeness (QED) is 0.639. The second kappa shape index (κ2) is 7.52. The van der Waals surface area contributed by atoms with Gasteiger partial charge >= 0.3 is 12.1 Å². The zero-order chi connectivity index (χ0) is 18.6. The Morgan fingerprint density at radius 2 is 2.24 bits per heavy atom. The van der Waals surface area contributed by atoms with Gasteiger partial charge in [-0.2, -0.15) is 18.4 Å². The van der Waals surface area contributed by atoms with E-state index in [9.17, 15) is 18.0 Å². The summed E-state index contributed by atoms with van der Waals surface area (Å²) in [6, 6.07) is 2.62. The number of rotatable bonds is 5. The number of anilines is 1. The van der Waals surface area contributed by atoms with Crippen LogP contribution in [0.4, 0.5) is 19.1 Å². The number of thioether (sulfide) groups is 1. The Bertz CT molecular complexity index is 829. The number of hydrogen-bond acceptors (Lipinski definition) is 6. The van der Waals surface area contributed by atoms with Crippen LogP contribution in [0, 0.1) is 18.3 Å². The van der Waals surface area contributed by atoms with Crippen LogP contribution in [0.2, 0.25) is 0 Å². The second-order valence-electron chi connectivity index (χ2n) is 4.87.